The number of aliphatic carboxylic acids is 1. The van der Waals surface area contributed by atoms with Crippen LogP contribution in [0.25, 0.3) is 0 Å². The van der Waals surface area contributed by atoms with Crippen molar-refractivity contribution in [3.05, 3.63) is 23.5 Å². The van der Waals surface area contributed by atoms with Crippen LogP contribution in [0.1, 0.15) is 25.8 Å². The third kappa shape index (κ3) is 2.91. The van der Waals surface area contributed by atoms with Crippen LogP contribution < -0.4 is 9.47 Å². The molecule has 100 valence electrons. The van der Waals surface area contributed by atoms with Crippen LogP contribution in [0.2, 0.25) is 0 Å². The first kappa shape index (κ1) is 14.3. The van der Waals surface area contributed by atoms with Gasteiger partial charge in [0.2, 0.25) is 0 Å². The lowest BCUT2D eigenvalue weighted by Crippen LogP contribution is -2.22. The van der Waals surface area contributed by atoms with Gasteiger partial charge >= 0.3 is 5.97 Å². The van der Waals surface area contributed by atoms with Crippen LogP contribution in [0.3, 0.4) is 0 Å². The molecule has 0 spiro atoms. The Morgan fingerprint density at radius 2 is 1.83 bits per heavy atom. The van der Waals surface area contributed by atoms with Gasteiger partial charge in [-0.2, -0.15) is 0 Å². The molecule has 1 N–H and O–H groups in total. The lowest BCUT2D eigenvalue weighted by Gasteiger charge is -2.25. The molecule has 0 fully saturated rings. The second kappa shape index (κ2) is 5.25. The Morgan fingerprint density at radius 1 is 1.28 bits per heavy atom. The van der Waals surface area contributed by atoms with E-state index >= 15 is 0 Å². The number of ether oxygens (including phenoxy) is 2. The molecule has 0 bridgehead atoms. The Labute approximate surface area is 105 Å². The number of carbonyl (C=O) groups is 1. The molecule has 0 aliphatic rings. The molecule has 0 saturated carbocycles. The van der Waals surface area contributed by atoms with Gasteiger partial charge in [-0.05, 0) is 6.07 Å². The minimum atomic E-state index is -0.946. The highest BCUT2D eigenvalue weighted by atomic mass is 19.1. The van der Waals surface area contributed by atoms with Crippen LogP contribution in [0, 0.1) is 5.82 Å². The van der Waals surface area contributed by atoms with Gasteiger partial charge in [0.1, 0.15) is 5.75 Å². The van der Waals surface area contributed by atoms with Crippen molar-refractivity contribution in [1.82, 2.24) is 0 Å². The van der Waals surface area contributed by atoms with Crippen molar-refractivity contribution in [2.45, 2.75) is 25.7 Å². The molecule has 0 aliphatic heterocycles. The Bertz CT molecular complexity index is 455. The van der Waals surface area contributed by atoms with Gasteiger partial charge < -0.3 is 14.6 Å². The third-order valence-electron chi connectivity index (χ3n) is 2.80. The van der Waals surface area contributed by atoms with E-state index in [0.29, 0.717) is 11.3 Å². The fraction of sp³-hybridized carbons (Fsp3) is 0.462. The summed E-state index contributed by atoms with van der Waals surface area (Å²) in [4.78, 5) is 10.8. The van der Waals surface area contributed by atoms with Crippen LogP contribution in [-0.2, 0) is 10.2 Å². The number of carboxylic acids is 1. The summed E-state index contributed by atoms with van der Waals surface area (Å²) in [5.74, 6) is -0.994. The van der Waals surface area contributed by atoms with E-state index < -0.39 is 17.2 Å². The van der Waals surface area contributed by atoms with E-state index in [4.69, 9.17) is 14.6 Å². The van der Waals surface area contributed by atoms with Crippen molar-refractivity contribution in [2.75, 3.05) is 14.2 Å². The molecule has 1 rings (SSSR count). The summed E-state index contributed by atoms with van der Waals surface area (Å²) in [5.41, 5.74) is -0.227. The van der Waals surface area contributed by atoms with Crippen molar-refractivity contribution in [2.24, 2.45) is 0 Å². The van der Waals surface area contributed by atoms with Gasteiger partial charge in [-0.1, -0.05) is 13.8 Å². The molecule has 0 saturated heterocycles. The molecule has 0 radical (unpaired) electrons. The highest BCUT2D eigenvalue weighted by Crippen LogP contribution is 2.37. The van der Waals surface area contributed by atoms with Gasteiger partial charge in [-0.15, -0.1) is 0 Å². The normalized spacial score (nSPS) is 11.2. The first-order valence-electron chi connectivity index (χ1n) is 5.45. The van der Waals surface area contributed by atoms with Crippen LogP contribution in [-0.4, -0.2) is 25.3 Å². The molecule has 5 heteroatoms. The molecule has 0 unspecified atom stereocenters. The average molecular weight is 256 g/mol. The second-order valence-corrected chi connectivity index (χ2v) is 4.64. The number of benzene rings is 1. The zero-order chi connectivity index (χ0) is 13.9. The predicted molar refractivity (Wildman–Crippen MR) is 64.8 cm³/mol. The zero-order valence-corrected chi connectivity index (χ0v) is 10.9. The highest BCUT2D eigenvalue weighted by molar-refractivity contribution is 5.69. The average Bonchev–Trinajstić information content (AvgIpc) is 2.27. The standard InChI is InChI=1S/C13H17FO4/c1-13(2,7-12(15)16)8-5-9(14)11(18-4)6-10(8)17-3/h5-6H,7H2,1-4H3,(H,15,16). The monoisotopic (exact) mass is 256 g/mol. The third-order valence-corrected chi connectivity index (χ3v) is 2.80. The topological polar surface area (TPSA) is 55.8 Å². The van der Waals surface area contributed by atoms with Gasteiger partial charge in [-0.25, -0.2) is 4.39 Å². The molecule has 0 aliphatic carbocycles. The Balaban J connectivity index is 3.30. The molecule has 4 nitrogen and oxygen atoms in total. The van der Waals surface area contributed by atoms with Crippen molar-refractivity contribution in [3.8, 4) is 11.5 Å². The van der Waals surface area contributed by atoms with E-state index in [1.807, 2.05) is 0 Å². The van der Waals surface area contributed by atoms with Crippen LogP contribution >= 0.6 is 0 Å². The first-order chi connectivity index (χ1) is 8.31. The van der Waals surface area contributed by atoms with Crippen LogP contribution in [0.4, 0.5) is 4.39 Å². The van der Waals surface area contributed by atoms with Crippen molar-refractivity contribution in [1.29, 1.82) is 0 Å². The Hall–Kier alpha value is -1.78. The number of halogens is 1. The zero-order valence-electron chi connectivity index (χ0n) is 10.9. The van der Waals surface area contributed by atoms with Crippen LogP contribution in [0.5, 0.6) is 11.5 Å². The smallest absolute Gasteiger partial charge is 0.304 e. The van der Waals surface area contributed by atoms with Crippen molar-refractivity contribution < 1.29 is 23.8 Å². The molecule has 1 aromatic rings. The summed E-state index contributed by atoms with van der Waals surface area (Å²) in [7, 11) is 2.81. The van der Waals surface area contributed by atoms with E-state index in [1.165, 1.54) is 26.4 Å². The summed E-state index contributed by atoms with van der Waals surface area (Å²) in [6, 6.07) is 2.69. The molecule has 0 aromatic heterocycles. The lowest BCUT2D eigenvalue weighted by molar-refractivity contribution is -0.138. The maximum absolute atomic E-state index is 13.7. The largest absolute Gasteiger partial charge is 0.496 e. The number of hydrogen-bond donors (Lipinski definition) is 1. The molecule has 0 heterocycles. The maximum atomic E-state index is 13.7. The van der Waals surface area contributed by atoms with Gasteiger partial charge in [0.15, 0.2) is 11.6 Å². The summed E-state index contributed by atoms with van der Waals surface area (Å²) in [6.45, 7) is 3.45. The molecular formula is C13H17FO4. The summed E-state index contributed by atoms with van der Waals surface area (Å²) < 4.78 is 23.7. The molecular weight excluding hydrogens is 239 g/mol. The van der Waals surface area contributed by atoms with Gasteiger partial charge in [-0.3, -0.25) is 4.79 Å². The minimum Gasteiger partial charge on any atom is -0.496 e. The first-order valence-corrected chi connectivity index (χ1v) is 5.45. The SMILES string of the molecule is COc1cc(OC)c(C(C)(C)CC(=O)O)cc1F. The lowest BCUT2D eigenvalue weighted by atomic mass is 9.81. The fourth-order valence-electron chi connectivity index (χ4n) is 1.86. The van der Waals surface area contributed by atoms with E-state index in [0.717, 1.165) is 0 Å². The molecule has 0 amide bonds. The Kier molecular flexibility index (Phi) is 4.16. The summed E-state index contributed by atoms with van der Waals surface area (Å²) in [6.07, 6.45) is -0.116. The molecule has 1 aromatic carbocycles. The van der Waals surface area contributed by atoms with Gasteiger partial charge in [0, 0.05) is 17.0 Å². The second-order valence-electron chi connectivity index (χ2n) is 4.64. The molecule has 0 atom stereocenters. The van der Waals surface area contributed by atoms with Crippen LogP contribution in [0.15, 0.2) is 12.1 Å². The van der Waals surface area contributed by atoms with Crippen molar-refractivity contribution >= 4 is 5.97 Å². The number of rotatable bonds is 5. The van der Waals surface area contributed by atoms with E-state index in [9.17, 15) is 9.18 Å². The number of methoxy groups -OCH3 is 2. The van der Waals surface area contributed by atoms with Crippen molar-refractivity contribution in [3.63, 3.8) is 0 Å². The number of carboxylic acid groups (broad SMARTS) is 1. The predicted octanol–water partition coefficient (Wildman–Crippen LogP) is 2.60. The summed E-state index contributed by atoms with van der Waals surface area (Å²) >= 11 is 0. The van der Waals surface area contributed by atoms with E-state index in [-0.39, 0.29) is 12.2 Å². The van der Waals surface area contributed by atoms with E-state index in [1.54, 1.807) is 13.8 Å². The van der Waals surface area contributed by atoms with E-state index in [2.05, 4.69) is 0 Å². The minimum absolute atomic E-state index is 0.0710. The quantitative estimate of drug-likeness (QED) is 0.879. The number of hydrogen-bond acceptors (Lipinski definition) is 3. The fourth-order valence-corrected chi connectivity index (χ4v) is 1.86. The Morgan fingerprint density at radius 3 is 2.28 bits per heavy atom. The highest BCUT2D eigenvalue weighted by Gasteiger charge is 2.29. The maximum Gasteiger partial charge on any atom is 0.304 e. The van der Waals surface area contributed by atoms with Gasteiger partial charge in [0.05, 0.1) is 20.6 Å². The molecule has 18 heavy (non-hydrogen) atoms. The summed E-state index contributed by atoms with van der Waals surface area (Å²) in [5, 5.41) is 8.88. The van der Waals surface area contributed by atoms with Gasteiger partial charge in [0.25, 0.3) is 0 Å².